The Morgan fingerprint density at radius 1 is 1.00 bits per heavy atom. The molecule has 1 heterocycles. The number of carbonyl (C=O) groups excluding carboxylic acids is 1. The molecule has 0 fully saturated rings. The molecule has 1 N–H and O–H groups in total. The highest BCUT2D eigenvalue weighted by Gasteiger charge is 2.30. The third kappa shape index (κ3) is 5.42. The second-order valence-electron chi connectivity index (χ2n) is 10.9. The lowest BCUT2D eigenvalue weighted by Gasteiger charge is -2.29. The molecule has 0 saturated carbocycles. The third-order valence-corrected chi connectivity index (χ3v) is 8.80. The number of carbonyl (C=O) groups is 1. The summed E-state index contributed by atoms with van der Waals surface area (Å²) >= 11 is 0. The van der Waals surface area contributed by atoms with Crippen LogP contribution in [0.3, 0.4) is 0 Å². The standard InChI is InChI=1S/C25H38O3Si/c1-10-20(26)21-11-12-22(28-21)29(8,9)14-13-17-15-18(24(2,3)4)23(27)19(16-17)25(5,6)7/h11-12,15-16,27H,10,13-14H2,1-9H3. The van der Waals surface area contributed by atoms with Gasteiger partial charge in [0.2, 0.25) is 0 Å². The fraction of sp³-hybridized carbons (Fsp3) is 0.560. The number of hydrogen-bond donors (Lipinski definition) is 1. The Labute approximate surface area is 177 Å². The number of phenolic OH excluding ortho intramolecular Hbond substituents is 1. The van der Waals surface area contributed by atoms with Gasteiger partial charge in [0.25, 0.3) is 0 Å². The maximum Gasteiger partial charge on any atom is 0.197 e. The van der Waals surface area contributed by atoms with Crippen LogP contribution < -0.4 is 5.38 Å². The summed E-state index contributed by atoms with van der Waals surface area (Å²) in [6, 6.07) is 9.18. The molecular weight excluding hydrogens is 376 g/mol. The van der Waals surface area contributed by atoms with Crippen LogP contribution in [0.2, 0.25) is 19.1 Å². The monoisotopic (exact) mass is 414 g/mol. The van der Waals surface area contributed by atoms with Crippen molar-refractivity contribution >= 4 is 19.2 Å². The Hall–Kier alpha value is -1.81. The summed E-state index contributed by atoms with van der Waals surface area (Å²) in [6.07, 6.45) is 1.40. The Morgan fingerprint density at radius 3 is 1.97 bits per heavy atom. The molecule has 0 saturated heterocycles. The molecule has 2 rings (SSSR count). The SMILES string of the molecule is CCC(=O)c1ccc([Si](C)(C)CCc2cc(C(C)(C)C)c(O)c(C(C)(C)C)c2)o1. The number of aromatic hydroxyl groups is 1. The van der Waals surface area contributed by atoms with Crippen molar-refractivity contribution in [3.63, 3.8) is 0 Å². The highest BCUT2D eigenvalue weighted by molar-refractivity contribution is 6.88. The second-order valence-corrected chi connectivity index (χ2v) is 15.6. The molecule has 1 aromatic heterocycles. The maximum atomic E-state index is 11.9. The van der Waals surface area contributed by atoms with E-state index in [2.05, 4.69) is 66.8 Å². The maximum absolute atomic E-state index is 11.9. The van der Waals surface area contributed by atoms with E-state index in [0.717, 1.165) is 29.0 Å². The van der Waals surface area contributed by atoms with Crippen LogP contribution >= 0.6 is 0 Å². The van der Waals surface area contributed by atoms with Crippen LogP contribution in [0.25, 0.3) is 0 Å². The van der Waals surface area contributed by atoms with Crippen LogP contribution in [0, 0.1) is 0 Å². The average molecular weight is 415 g/mol. The molecule has 0 atom stereocenters. The van der Waals surface area contributed by atoms with Crippen LogP contribution in [0.5, 0.6) is 5.75 Å². The predicted molar refractivity (Wildman–Crippen MR) is 124 cm³/mol. The largest absolute Gasteiger partial charge is 0.507 e. The summed E-state index contributed by atoms with van der Waals surface area (Å²) in [4.78, 5) is 11.9. The van der Waals surface area contributed by atoms with Crippen molar-refractivity contribution in [2.24, 2.45) is 0 Å². The molecule has 0 aliphatic rings. The van der Waals surface area contributed by atoms with Crippen molar-refractivity contribution in [3.8, 4) is 5.75 Å². The Bertz CT molecular complexity index is 841. The van der Waals surface area contributed by atoms with Crippen LogP contribution in [-0.2, 0) is 17.3 Å². The minimum Gasteiger partial charge on any atom is -0.507 e. The molecule has 29 heavy (non-hydrogen) atoms. The molecule has 0 aliphatic heterocycles. The summed E-state index contributed by atoms with van der Waals surface area (Å²) in [5.74, 6) is 0.973. The van der Waals surface area contributed by atoms with Gasteiger partial charge in [-0.3, -0.25) is 4.79 Å². The molecule has 160 valence electrons. The van der Waals surface area contributed by atoms with E-state index in [1.165, 1.54) is 5.56 Å². The van der Waals surface area contributed by atoms with Crippen LogP contribution in [-0.4, -0.2) is 19.0 Å². The van der Waals surface area contributed by atoms with Crippen LogP contribution in [0.1, 0.15) is 82.1 Å². The molecule has 2 aromatic rings. The van der Waals surface area contributed by atoms with Gasteiger partial charge >= 0.3 is 0 Å². The minimum atomic E-state index is -1.82. The number of aryl methyl sites for hydroxylation is 1. The smallest absolute Gasteiger partial charge is 0.197 e. The van der Waals surface area contributed by atoms with Crippen molar-refractivity contribution in [2.45, 2.75) is 91.3 Å². The normalized spacial score (nSPS) is 13.0. The molecule has 0 spiro atoms. The van der Waals surface area contributed by atoms with E-state index in [9.17, 15) is 9.90 Å². The van der Waals surface area contributed by atoms with Gasteiger partial charge in [-0.05, 0) is 52.1 Å². The Kier molecular flexibility index (Phi) is 6.58. The van der Waals surface area contributed by atoms with E-state index in [4.69, 9.17) is 4.42 Å². The van der Waals surface area contributed by atoms with E-state index < -0.39 is 8.07 Å². The first-order chi connectivity index (χ1) is 13.2. The van der Waals surface area contributed by atoms with Crippen molar-refractivity contribution in [3.05, 3.63) is 46.7 Å². The summed E-state index contributed by atoms with van der Waals surface area (Å²) in [5, 5.41) is 11.9. The number of hydrogen-bond acceptors (Lipinski definition) is 3. The van der Waals surface area contributed by atoms with Crippen LogP contribution in [0.15, 0.2) is 28.7 Å². The van der Waals surface area contributed by atoms with E-state index in [-0.39, 0.29) is 16.6 Å². The van der Waals surface area contributed by atoms with Gasteiger partial charge < -0.3 is 9.52 Å². The predicted octanol–water partition coefficient (Wildman–Crippen LogP) is 6.33. The number of phenols is 1. The van der Waals surface area contributed by atoms with Gasteiger partial charge in [0.05, 0.1) is 5.38 Å². The van der Waals surface area contributed by atoms with Gasteiger partial charge in [0.15, 0.2) is 11.5 Å². The molecule has 4 heteroatoms. The van der Waals surface area contributed by atoms with E-state index in [1.54, 1.807) is 0 Å². The van der Waals surface area contributed by atoms with Crippen molar-refractivity contribution in [1.29, 1.82) is 0 Å². The average Bonchev–Trinajstić information content (AvgIpc) is 3.09. The second kappa shape index (κ2) is 8.14. The highest BCUT2D eigenvalue weighted by atomic mass is 28.3. The van der Waals surface area contributed by atoms with Gasteiger partial charge in [-0.2, -0.15) is 0 Å². The lowest BCUT2D eigenvalue weighted by Crippen LogP contribution is -2.40. The molecule has 0 unspecified atom stereocenters. The minimum absolute atomic E-state index is 0.0595. The molecule has 0 amide bonds. The summed E-state index contributed by atoms with van der Waals surface area (Å²) < 4.78 is 5.94. The molecular formula is C25H38O3Si. The molecule has 0 aliphatic carbocycles. The van der Waals surface area contributed by atoms with Crippen molar-refractivity contribution < 1.29 is 14.3 Å². The summed E-state index contributed by atoms with van der Waals surface area (Å²) in [6.45, 7) is 19.3. The van der Waals surface area contributed by atoms with E-state index >= 15 is 0 Å². The number of ketones is 1. The summed E-state index contributed by atoms with van der Waals surface area (Å²) in [5.41, 5.74) is 3.03. The van der Waals surface area contributed by atoms with E-state index in [1.807, 2.05) is 19.1 Å². The zero-order valence-electron chi connectivity index (χ0n) is 19.7. The fourth-order valence-corrected chi connectivity index (χ4v) is 5.67. The fourth-order valence-electron chi connectivity index (χ4n) is 3.59. The first-order valence-electron chi connectivity index (χ1n) is 10.7. The lowest BCUT2D eigenvalue weighted by molar-refractivity contribution is 0.0963. The van der Waals surface area contributed by atoms with Gasteiger partial charge in [-0.1, -0.05) is 73.7 Å². The number of benzene rings is 1. The van der Waals surface area contributed by atoms with Crippen LogP contribution in [0.4, 0.5) is 0 Å². The Morgan fingerprint density at radius 2 is 1.52 bits per heavy atom. The molecule has 0 radical (unpaired) electrons. The zero-order chi connectivity index (χ0) is 22.2. The van der Waals surface area contributed by atoms with Gasteiger partial charge in [0, 0.05) is 6.42 Å². The quantitative estimate of drug-likeness (QED) is 0.444. The van der Waals surface area contributed by atoms with Gasteiger partial charge in [0.1, 0.15) is 13.8 Å². The highest BCUT2D eigenvalue weighted by Crippen LogP contribution is 2.40. The van der Waals surface area contributed by atoms with E-state index in [0.29, 0.717) is 17.9 Å². The number of Topliss-reactive ketones (excluding diaryl/α,β-unsaturated/α-hetero) is 1. The lowest BCUT2D eigenvalue weighted by atomic mass is 9.78. The molecule has 1 aromatic carbocycles. The third-order valence-electron chi connectivity index (χ3n) is 5.69. The first-order valence-corrected chi connectivity index (χ1v) is 13.9. The molecule has 0 bridgehead atoms. The van der Waals surface area contributed by atoms with Gasteiger partial charge in [-0.15, -0.1) is 0 Å². The zero-order valence-corrected chi connectivity index (χ0v) is 20.7. The number of rotatable bonds is 6. The number of furan rings is 1. The first kappa shape index (κ1) is 23.5. The summed E-state index contributed by atoms with van der Waals surface area (Å²) in [7, 11) is -1.82. The van der Waals surface area contributed by atoms with Gasteiger partial charge in [-0.25, -0.2) is 0 Å². The molecule has 3 nitrogen and oxygen atoms in total. The van der Waals surface area contributed by atoms with Crippen molar-refractivity contribution in [1.82, 2.24) is 0 Å². The topological polar surface area (TPSA) is 50.4 Å². The van der Waals surface area contributed by atoms with Crippen molar-refractivity contribution in [2.75, 3.05) is 0 Å². The Balaban J connectivity index is 2.34.